The highest BCUT2D eigenvalue weighted by molar-refractivity contribution is 7.92. The van der Waals surface area contributed by atoms with Crippen molar-refractivity contribution in [1.29, 1.82) is 0 Å². The molecule has 190 valence electrons. The highest BCUT2D eigenvalue weighted by atomic mass is 35.5. The zero-order valence-electron chi connectivity index (χ0n) is 19.9. The molecule has 0 radical (unpaired) electrons. The van der Waals surface area contributed by atoms with E-state index in [1.165, 1.54) is 48.3 Å². The second-order valence-electron chi connectivity index (χ2n) is 8.22. The van der Waals surface area contributed by atoms with Crippen molar-refractivity contribution < 1.29 is 22.4 Å². The van der Waals surface area contributed by atoms with Gasteiger partial charge in [0.2, 0.25) is 21.8 Å². The zero-order valence-corrected chi connectivity index (χ0v) is 21.5. The Hall–Kier alpha value is -3.43. The Labute approximate surface area is 215 Å². The van der Waals surface area contributed by atoms with Crippen LogP contribution in [0.5, 0.6) is 0 Å². The lowest BCUT2D eigenvalue weighted by atomic mass is 10.0. The molecule has 0 saturated carbocycles. The van der Waals surface area contributed by atoms with Crippen molar-refractivity contribution in [1.82, 2.24) is 10.2 Å². The van der Waals surface area contributed by atoms with Crippen molar-refractivity contribution in [2.24, 2.45) is 0 Å². The van der Waals surface area contributed by atoms with Gasteiger partial charge in [0.15, 0.2) is 0 Å². The molecule has 0 aliphatic heterocycles. The van der Waals surface area contributed by atoms with E-state index < -0.39 is 40.2 Å². The third-order valence-electron chi connectivity index (χ3n) is 5.56. The summed E-state index contributed by atoms with van der Waals surface area (Å²) < 4.78 is 39.7. The predicted molar refractivity (Wildman–Crippen MR) is 139 cm³/mol. The molecule has 0 aliphatic rings. The van der Waals surface area contributed by atoms with Crippen LogP contribution in [0.3, 0.4) is 0 Å². The van der Waals surface area contributed by atoms with Gasteiger partial charge in [-0.3, -0.25) is 13.9 Å². The quantitative estimate of drug-likeness (QED) is 0.433. The van der Waals surface area contributed by atoms with Crippen LogP contribution in [0.2, 0.25) is 5.02 Å². The minimum Gasteiger partial charge on any atom is -0.357 e. The minimum atomic E-state index is -3.88. The molecule has 10 heteroatoms. The first-order valence-corrected chi connectivity index (χ1v) is 13.3. The number of nitrogens with one attached hydrogen (secondary N) is 1. The molecule has 0 heterocycles. The number of rotatable bonds is 10. The van der Waals surface area contributed by atoms with Gasteiger partial charge in [0, 0.05) is 25.0 Å². The van der Waals surface area contributed by atoms with E-state index >= 15 is 0 Å². The number of likely N-dealkylation sites (N-methyl/N-ethyl adjacent to an activating group) is 1. The highest BCUT2D eigenvalue weighted by Gasteiger charge is 2.32. The summed E-state index contributed by atoms with van der Waals surface area (Å²) in [5, 5.41) is 2.91. The summed E-state index contributed by atoms with van der Waals surface area (Å²) in [7, 11) is -2.41. The Bertz CT molecular complexity index is 1300. The number of hydrogen-bond donors (Lipinski definition) is 1. The largest absolute Gasteiger partial charge is 0.357 e. The maximum absolute atomic E-state index is 13.7. The fourth-order valence-electron chi connectivity index (χ4n) is 3.75. The molecule has 0 aliphatic carbocycles. The smallest absolute Gasteiger partial charge is 0.244 e. The van der Waals surface area contributed by atoms with Crippen LogP contribution < -0.4 is 9.62 Å². The third kappa shape index (κ3) is 7.29. The second-order valence-corrected chi connectivity index (χ2v) is 10.6. The first-order valence-electron chi connectivity index (χ1n) is 11.1. The Kier molecular flexibility index (Phi) is 9.06. The average Bonchev–Trinajstić information content (AvgIpc) is 2.85. The number of nitrogens with zero attached hydrogens (tertiary/aromatic N) is 2. The molecule has 7 nitrogen and oxygen atoms in total. The van der Waals surface area contributed by atoms with Crippen molar-refractivity contribution in [2.75, 3.05) is 24.2 Å². The molecule has 1 atom stereocenters. The van der Waals surface area contributed by atoms with Crippen LogP contribution in [0.1, 0.15) is 11.1 Å². The Balaban J connectivity index is 2.01. The molecular weight excluding hydrogens is 505 g/mol. The van der Waals surface area contributed by atoms with Gasteiger partial charge in [0.1, 0.15) is 18.4 Å². The van der Waals surface area contributed by atoms with E-state index in [1.807, 2.05) is 30.3 Å². The van der Waals surface area contributed by atoms with Crippen molar-refractivity contribution >= 4 is 39.1 Å². The molecule has 0 spiro atoms. The minimum absolute atomic E-state index is 0.0306. The van der Waals surface area contributed by atoms with E-state index in [0.717, 1.165) is 16.1 Å². The lowest BCUT2D eigenvalue weighted by Gasteiger charge is -2.33. The van der Waals surface area contributed by atoms with Crippen LogP contribution in [0, 0.1) is 5.82 Å². The summed E-state index contributed by atoms with van der Waals surface area (Å²) in [5.41, 5.74) is 1.62. The van der Waals surface area contributed by atoms with E-state index in [9.17, 15) is 22.4 Å². The Morgan fingerprint density at radius 1 is 0.972 bits per heavy atom. The number of amides is 2. The molecule has 2 amide bonds. The normalized spacial score (nSPS) is 12.0. The van der Waals surface area contributed by atoms with E-state index in [1.54, 1.807) is 12.1 Å². The molecular formula is C26H27ClFN3O4S. The van der Waals surface area contributed by atoms with Crippen LogP contribution in [0.4, 0.5) is 10.1 Å². The molecule has 0 saturated heterocycles. The molecule has 1 N–H and O–H groups in total. The zero-order chi connectivity index (χ0) is 26.3. The van der Waals surface area contributed by atoms with Crippen molar-refractivity contribution in [3.8, 4) is 0 Å². The molecule has 3 aromatic rings. The van der Waals surface area contributed by atoms with Gasteiger partial charge in [0.25, 0.3) is 0 Å². The fraction of sp³-hybridized carbons (Fsp3) is 0.231. The van der Waals surface area contributed by atoms with Crippen LogP contribution in [-0.2, 0) is 32.6 Å². The molecule has 1 unspecified atom stereocenters. The first kappa shape index (κ1) is 27.2. The molecule has 36 heavy (non-hydrogen) atoms. The average molecular weight is 532 g/mol. The predicted octanol–water partition coefficient (Wildman–Crippen LogP) is 3.63. The van der Waals surface area contributed by atoms with E-state index in [4.69, 9.17) is 11.6 Å². The monoisotopic (exact) mass is 531 g/mol. The van der Waals surface area contributed by atoms with Gasteiger partial charge in [0.05, 0.1) is 11.9 Å². The van der Waals surface area contributed by atoms with Gasteiger partial charge in [-0.1, -0.05) is 60.1 Å². The van der Waals surface area contributed by atoms with Gasteiger partial charge in [-0.05, 0) is 41.5 Å². The molecule has 0 fully saturated rings. The van der Waals surface area contributed by atoms with E-state index in [2.05, 4.69) is 5.32 Å². The second kappa shape index (κ2) is 12.0. The number of sulfonamides is 1. The van der Waals surface area contributed by atoms with Crippen molar-refractivity contribution in [3.63, 3.8) is 0 Å². The number of benzene rings is 3. The van der Waals surface area contributed by atoms with Gasteiger partial charge < -0.3 is 10.2 Å². The topological polar surface area (TPSA) is 86.8 Å². The van der Waals surface area contributed by atoms with Crippen LogP contribution in [-0.4, -0.2) is 51.0 Å². The summed E-state index contributed by atoms with van der Waals surface area (Å²) in [4.78, 5) is 28.0. The van der Waals surface area contributed by atoms with Crippen LogP contribution in [0.25, 0.3) is 0 Å². The summed E-state index contributed by atoms with van der Waals surface area (Å²) in [6.45, 7) is -0.583. The summed E-state index contributed by atoms with van der Waals surface area (Å²) in [5.74, 6) is -1.45. The van der Waals surface area contributed by atoms with Crippen LogP contribution >= 0.6 is 11.6 Å². The SMILES string of the molecule is CNC(=O)C(Cc1ccccc1)N(Cc1ccc(F)cc1)C(=O)CN(c1cccc(Cl)c1)S(C)(=O)=O. The lowest BCUT2D eigenvalue weighted by Crippen LogP contribution is -2.52. The van der Waals surface area contributed by atoms with Gasteiger partial charge >= 0.3 is 0 Å². The summed E-state index contributed by atoms with van der Waals surface area (Å²) in [6, 6.07) is 19.9. The van der Waals surface area contributed by atoms with Crippen molar-refractivity contribution in [2.45, 2.75) is 19.0 Å². The highest BCUT2D eigenvalue weighted by Crippen LogP contribution is 2.23. The summed E-state index contributed by atoms with van der Waals surface area (Å²) >= 11 is 6.06. The van der Waals surface area contributed by atoms with E-state index in [-0.39, 0.29) is 18.7 Å². The Morgan fingerprint density at radius 2 is 1.64 bits per heavy atom. The number of carbonyl (C=O) groups is 2. The number of halogens is 2. The number of carbonyl (C=O) groups excluding carboxylic acids is 2. The number of hydrogen-bond acceptors (Lipinski definition) is 4. The van der Waals surface area contributed by atoms with Gasteiger partial charge in [-0.2, -0.15) is 0 Å². The fourth-order valence-corrected chi connectivity index (χ4v) is 4.78. The molecule has 0 bridgehead atoms. The molecule has 0 aromatic heterocycles. The van der Waals surface area contributed by atoms with Crippen LogP contribution in [0.15, 0.2) is 78.9 Å². The maximum Gasteiger partial charge on any atom is 0.244 e. The summed E-state index contributed by atoms with van der Waals surface area (Å²) in [6.07, 6.45) is 1.19. The van der Waals surface area contributed by atoms with Gasteiger partial charge in [-0.15, -0.1) is 0 Å². The Morgan fingerprint density at radius 3 is 2.22 bits per heavy atom. The third-order valence-corrected chi connectivity index (χ3v) is 6.93. The van der Waals surface area contributed by atoms with E-state index in [0.29, 0.717) is 10.6 Å². The first-order chi connectivity index (χ1) is 17.1. The molecule has 3 aromatic carbocycles. The van der Waals surface area contributed by atoms with Gasteiger partial charge in [-0.25, -0.2) is 12.8 Å². The van der Waals surface area contributed by atoms with Crippen molar-refractivity contribution in [3.05, 3.63) is 101 Å². The maximum atomic E-state index is 13.7. The standard InChI is InChI=1S/C26H27ClFN3O4S/c1-29-26(33)24(15-19-7-4-3-5-8-19)30(17-20-11-13-22(28)14-12-20)25(32)18-31(36(2,34)35)23-10-6-9-21(27)16-23/h3-14,16,24H,15,17-18H2,1-2H3,(H,29,33). The lowest BCUT2D eigenvalue weighted by molar-refractivity contribution is -0.139. The molecule has 3 rings (SSSR count). The number of anilines is 1.